The second-order valence-corrected chi connectivity index (χ2v) is 6.15. The predicted octanol–water partition coefficient (Wildman–Crippen LogP) is 3.23. The van der Waals surface area contributed by atoms with Crippen molar-refractivity contribution in [1.29, 1.82) is 0 Å². The van der Waals surface area contributed by atoms with E-state index in [0.29, 0.717) is 16.6 Å². The van der Waals surface area contributed by atoms with Gasteiger partial charge in [-0.05, 0) is 30.5 Å². The summed E-state index contributed by atoms with van der Waals surface area (Å²) < 4.78 is 5.15. The number of hydrogen-bond donors (Lipinski definition) is 1. The molecule has 0 spiro atoms. The summed E-state index contributed by atoms with van der Waals surface area (Å²) in [6.45, 7) is 1.84. The van der Waals surface area contributed by atoms with E-state index in [9.17, 15) is 4.79 Å². The minimum absolute atomic E-state index is 0.292. The van der Waals surface area contributed by atoms with E-state index in [-0.39, 0.29) is 5.91 Å². The summed E-state index contributed by atoms with van der Waals surface area (Å²) in [5.41, 5.74) is 2.14. The van der Waals surface area contributed by atoms with Gasteiger partial charge in [0.15, 0.2) is 0 Å². The number of methoxy groups -OCH3 is 1. The molecule has 3 aromatic heterocycles. The van der Waals surface area contributed by atoms with E-state index in [1.54, 1.807) is 23.5 Å². The summed E-state index contributed by atoms with van der Waals surface area (Å²) in [6, 6.07) is 5.40. The quantitative estimate of drug-likeness (QED) is 0.794. The third-order valence-corrected chi connectivity index (χ3v) is 4.42. The molecule has 0 radical (unpaired) electrons. The molecule has 1 N–H and O–H groups in total. The first kappa shape index (κ1) is 14.6. The van der Waals surface area contributed by atoms with Crippen LogP contribution in [-0.2, 0) is 0 Å². The molecule has 22 heavy (non-hydrogen) atoms. The number of thiophene rings is 1. The van der Waals surface area contributed by atoms with Gasteiger partial charge in [0.2, 0.25) is 11.0 Å². The van der Waals surface area contributed by atoms with Crippen molar-refractivity contribution in [3.63, 3.8) is 0 Å². The van der Waals surface area contributed by atoms with E-state index in [4.69, 9.17) is 4.74 Å². The average Bonchev–Trinajstić information content (AvgIpc) is 3.17. The van der Waals surface area contributed by atoms with Crippen LogP contribution in [0, 0.1) is 6.92 Å². The van der Waals surface area contributed by atoms with E-state index in [1.807, 2.05) is 23.8 Å². The van der Waals surface area contributed by atoms with Crippen molar-refractivity contribution >= 4 is 33.7 Å². The van der Waals surface area contributed by atoms with Crippen LogP contribution in [-0.4, -0.2) is 28.2 Å². The van der Waals surface area contributed by atoms with Gasteiger partial charge in [-0.2, -0.15) is 11.3 Å². The number of aromatic nitrogens is 3. The molecule has 3 aromatic rings. The number of aryl methyl sites for hydroxylation is 1. The molecular weight excluding hydrogens is 320 g/mol. The SMILES string of the molecule is COc1nc(C)ccc1C(=O)Nc1nnc(-c2ccsc2)s1. The molecule has 0 bridgehead atoms. The van der Waals surface area contributed by atoms with Crippen LogP contribution >= 0.6 is 22.7 Å². The molecule has 0 unspecified atom stereocenters. The molecule has 0 aliphatic rings. The van der Waals surface area contributed by atoms with Gasteiger partial charge in [-0.25, -0.2) is 4.98 Å². The Balaban J connectivity index is 1.80. The second-order valence-electron chi connectivity index (χ2n) is 4.39. The highest BCUT2D eigenvalue weighted by molar-refractivity contribution is 7.19. The summed E-state index contributed by atoms with van der Waals surface area (Å²) in [4.78, 5) is 16.5. The van der Waals surface area contributed by atoms with Gasteiger partial charge in [0.05, 0.1) is 7.11 Å². The van der Waals surface area contributed by atoms with Gasteiger partial charge in [0.25, 0.3) is 5.91 Å². The van der Waals surface area contributed by atoms with Gasteiger partial charge in [-0.3, -0.25) is 10.1 Å². The minimum atomic E-state index is -0.322. The Labute approximate surface area is 134 Å². The average molecular weight is 332 g/mol. The zero-order chi connectivity index (χ0) is 15.5. The normalized spacial score (nSPS) is 10.5. The Morgan fingerprint density at radius 3 is 2.86 bits per heavy atom. The van der Waals surface area contributed by atoms with Crippen LogP contribution in [0.5, 0.6) is 5.88 Å². The maximum absolute atomic E-state index is 12.3. The van der Waals surface area contributed by atoms with E-state index >= 15 is 0 Å². The lowest BCUT2D eigenvalue weighted by Gasteiger charge is -2.07. The van der Waals surface area contributed by atoms with Gasteiger partial charge >= 0.3 is 0 Å². The Bertz CT molecular complexity index is 799. The Hall–Kier alpha value is -2.32. The summed E-state index contributed by atoms with van der Waals surface area (Å²) in [6.07, 6.45) is 0. The Kier molecular flexibility index (Phi) is 4.12. The molecule has 1 amide bonds. The molecule has 0 fully saturated rings. The second kappa shape index (κ2) is 6.20. The summed E-state index contributed by atoms with van der Waals surface area (Å²) in [5, 5.41) is 16.0. The lowest BCUT2D eigenvalue weighted by atomic mass is 10.2. The fourth-order valence-corrected chi connectivity index (χ4v) is 3.25. The van der Waals surface area contributed by atoms with Crippen LogP contribution in [0.2, 0.25) is 0 Å². The molecule has 0 aliphatic carbocycles. The molecule has 8 heteroatoms. The van der Waals surface area contributed by atoms with Crippen LogP contribution in [0.4, 0.5) is 5.13 Å². The van der Waals surface area contributed by atoms with Crippen LogP contribution < -0.4 is 10.1 Å². The fourth-order valence-electron chi connectivity index (χ4n) is 1.80. The number of amides is 1. The third-order valence-electron chi connectivity index (χ3n) is 2.85. The van der Waals surface area contributed by atoms with Crippen LogP contribution in [0.3, 0.4) is 0 Å². The van der Waals surface area contributed by atoms with Crippen LogP contribution in [0.15, 0.2) is 29.0 Å². The molecule has 0 atom stereocenters. The maximum atomic E-state index is 12.3. The molecule has 3 heterocycles. The van der Waals surface area contributed by atoms with Crippen molar-refractivity contribution in [3.05, 3.63) is 40.2 Å². The number of nitrogens with one attached hydrogen (secondary N) is 1. The minimum Gasteiger partial charge on any atom is -0.480 e. The van der Waals surface area contributed by atoms with Gasteiger partial charge in [0.1, 0.15) is 10.6 Å². The molecule has 0 aliphatic heterocycles. The Morgan fingerprint density at radius 2 is 2.14 bits per heavy atom. The van der Waals surface area contributed by atoms with Crippen LogP contribution in [0.1, 0.15) is 16.1 Å². The predicted molar refractivity (Wildman–Crippen MR) is 86.7 cm³/mol. The lowest BCUT2D eigenvalue weighted by molar-refractivity contribution is 0.102. The number of carbonyl (C=O) groups is 1. The van der Waals surface area contributed by atoms with Gasteiger partial charge < -0.3 is 4.74 Å². The summed E-state index contributed by atoms with van der Waals surface area (Å²) >= 11 is 2.91. The molecule has 3 rings (SSSR count). The van der Waals surface area contributed by atoms with Crippen LogP contribution in [0.25, 0.3) is 10.6 Å². The van der Waals surface area contributed by atoms with Crippen molar-refractivity contribution in [3.8, 4) is 16.5 Å². The summed E-state index contributed by atoms with van der Waals surface area (Å²) in [5.74, 6) is -0.0301. The molecule has 112 valence electrons. The highest BCUT2D eigenvalue weighted by Gasteiger charge is 2.16. The molecular formula is C14H12N4O2S2. The van der Waals surface area contributed by atoms with E-state index in [2.05, 4.69) is 20.5 Å². The van der Waals surface area contributed by atoms with Gasteiger partial charge in [-0.1, -0.05) is 11.3 Å². The number of ether oxygens (including phenoxy) is 1. The number of anilines is 1. The first-order valence-corrected chi connectivity index (χ1v) is 8.12. The molecule has 0 aromatic carbocycles. The van der Waals surface area contributed by atoms with Crippen molar-refractivity contribution in [2.75, 3.05) is 12.4 Å². The number of carbonyl (C=O) groups excluding carboxylic acids is 1. The highest BCUT2D eigenvalue weighted by Crippen LogP contribution is 2.28. The standard InChI is InChI=1S/C14H12N4O2S2/c1-8-3-4-10(12(15-8)20-2)11(19)16-14-18-17-13(22-14)9-5-6-21-7-9/h3-7H,1-2H3,(H,16,18,19). The molecule has 0 saturated heterocycles. The lowest BCUT2D eigenvalue weighted by Crippen LogP contribution is -2.14. The zero-order valence-electron chi connectivity index (χ0n) is 11.9. The fraction of sp³-hybridized carbons (Fsp3) is 0.143. The van der Waals surface area contributed by atoms with E-state index in [1.165, 1.54) is 18.4 Å². The molecule has 6 nitrogen and oxygen atoms in total. The van der Waals surface area contributed by atoms with Crippen molar-refractivity contribution in [2.45, 2.75) is 6.92 Å². The summed E-state index contributed by atoms with van der Waals surface area (Å²) in [7, 11) is 1.48. The van der Waals surface area contributed by atoms with Crippen molar-refractivity contribution in [1.82, 2.24) is 15.2 Å². The largest absolute Gasteiger partial charge is 0.480 e. The Morgan fingerprint density at radius 1 is 1.27 bits per heavy atom. The van der Waals surface area contributed by atoms with Crippen molar-refractivity contribution in [2.24, 2.45) is 0 Å². The van der Waals surface area contributed by atoms with E-state index in [0.717, 1.165) is 16.3 Å². The van der Waals surface area contributed by atoms with E-state index < -0.39 is 0 Å². The number of nitrogens with zero attached hydrogens (tertiary/aromatic N) is 3. The molecule has 0 saturated carbocycles. The number of pyridine rings is 1. The van der Waals surface area contributed by atoms with Gasteiger partial charge in [0, 0.05) is 16.6 Å². The number of hydrogen-bond acceptors (Lipinski definition) is 7. The number of rotatable bonds is 4. The smallest absolute Gasteiger partial charge is 0.262 e. The van der Waals surface area contributed by atoms with Gasteiger partial charge in [-0.15, -0.1) is 10.2 Å². The van der Waals surface area contributed by atoms with Crippen molar-refractivity contribution < 1.29 is 9.53 Å². The third kappa shape index (κ3) is 2.97. The zero-order valence-corrected chi connectivity index (χ0v) is 13.5. The topological polar surface area (TPSA) is 77.0 Å². The monoisotopic (exact) mass is 332 g/mol. The highest BCUT2D eigenvalue weighted by atomic mass is 32.1. The first-order chi connectivity index (χ1) is 10.7. The maximum Gasteiger partial charge on any atom is 0.262 e. The first-order valence-electron chi connectivity index (χ1n) is 6.36.